The largest absolute Gasteiger partial charge is 0.463 e. The highest BCUT2D eigenvalue weighted by Gasteiger charge is 2.73. The Balaban J connectivity index is 1.60. The minimum Gasteiger partial charge on any atom is -0.463 e. The molecule has 5 bridgehead atoms. The predicted octanol–water partition coefficient (Wildman–Crippen LogP) is 3.31. The number of aliphatic hydroxyl groups is 1. The van der Waals surface area contributed by atoms with E-state index >= 15 is 0 Å². The number of ether oxygens (including phenoxy) is 2. The first-order valence-corrected chi connectivity index (χ1v) is 16.0. The van der Waals surface area contributed by atoms with Crippen LogP contribution in [0.3, 0.4) is 0 Å². The molecule has 4 aliphatic rings. The fraction of sp³-hybridized carbons (Fsp3) is 0.600. The van der Waals surface area contributed by atoms with Crippen molar-refractivity contribution in [2.45, 2.75) is 96.2 Å². The number of hydrogen-bond acceptors (Lipinski definition) is 7. The van der Waals surface area contributed by atoms with Crippen molar-refractivity contribution in [1.29, 1.82) is 0 Å². The summed E-state index contributed by atoms with van der Waals surface area (Å²) >= 11 is 0. The van der Waals surface area contributed by atoms with Crippen LogP contribution in [0.1, 0.15) is 72.4 Å². The molecule has 45 heavy (non-hydrogen) atoms. The summed E-state index contributed by atoms with van der Waals surface area (Å²) in [7, 11) is 0. The molecule has 1 spiro atoms. The second-order valence-electron chi connectivity index (χ2n) is 14.6. The van der Waals surface area contributed by atoms with Crippen LogP contribution in [0.15, 0.2) is 54.6 Å². The van der Waals surface area contributed by atoms with E-state index in [1.165, 1.54) is 4.90 Å². The molecular weight excluding hydrogens is 574 g/mol. The number of hydrogen-bond donors (Lipinski definition) is 2. The molecule has 2 N–H and O–H groups in total. The van der Waals surface area contributed by atoms with E-state index in [1.807, 2.05) is 56.3 Å². The van der Waals surface area contributed by atoms with Crippen molar-refractivity contribution >= 4 is 23.7 Å². The number of nitrogens with zero attached hydrogens (tertiary/aromatic N) is 2. The van der Waals surface area contributed by atoms with Crippen molar-refractivity contribution in [2.24, 2.45) is 17.3 Å². The number of nitrogens with one attached hydrogen (secondary N) is 1. The van der Waals surface area contributed by atoms with Gasteiger partial charge in [-0.1, -0.05) is 75.4 Å². The number of likely N-dealkylation sites (tertiary alicyclic amines) is 1. The van der Waals surface area contributed by atoms with Gasteiger partial charge in [0.2, 0.25) is 17.7 Å². The number of cyclic esters (lactones) is 1. The number of carbonyl (C=O) groups is 4. The van der Waals surface area contributed by atoms with Gasteiger partial charge < -0.3 is 29.7 Å². The summed E-state index contributed by atoms with van der Waals surface area (Å²) in [5.41, 5.74) is -1.36. The number of amides is 3. The van der Waals surface area contributed by atoms with E-state index in [0.29, 0.717) is 12.8 Å². The number of esters is 1. The molecule has 5 rings (SSSR count). The smallest absolute Gasteiger partial charge is 0.306 e. The van der Waals surface area contributed by atoms with E-state index in [0.717, 1.165) is 5.56 Å². The molecule has 0 aliphatic carbocycles. The topological polar surface area (TPSA) is 125 Å². The Morgan fingerprint density at radius 1 is 1.04 bits per heavy atom. The molecule has 3 amide bonds. The summed E-state index contributed by atoms with van der Waals surface area (Å²) in [6, 6.07) is 6.82. The molecule has 244 valence electrons. The first-order valence-electron chi connectivity index (χ1n) is 16.0. The van der Waals surface area contributed by atoms with Crippen LogP contribution in [0, 0.1) is 17.3 Å². The van der Waals surface area contributed by atoms with Gasteiger partial charge in [0.05, 0.1) is 36.6 Å². The number of rotatable bonds is 5. The Labute approximate surface area is 265 Å². The molecule has 0 saturated carbocycles. The second-order valence-corrected chi connectivity index (χ2v) is 14.6. The fourth-order valence-electron chi connectivity index (χ4n) is 7.85. The van der Waals surface area contributed by atoms with Gasteiger partial charge in [0.15, 0.2) is 0 Å². The molecule has 1 aromatic rings. The van der Waals surface area contributed by atoms with Gasteiger partial charge in [-0.3, -0.25) is 19.2 Å². The summed E-state index contributed by atoms with van der Waals surface area (Å²) < 4.78 is 12.2. The number of allylic oxidation sites excluding steroid dienone is 1. The van der Waals surface area contributed by atoms with Gasteiger partial charge in [0, 0.05) is 18.5 Å². The van der Waals surface area contributed by atoms with E-state index in [9.17, 15) is 24.3 Å². The van der Waals surface area contributed by atoms with Crippen LogP contribution in [-0.4, -0.2) is 87.7 Å². The molecular formula is C35H47N3O7. The summed E-state index contributed by atoms with van der Waals surface area (Å²) in [6.45, 7) is 11.9. The van der Waals surface area contributed by atoms with Gasteiger partial charge in [-0.25, -0.2) is 0 Å². The molecule has 2 fully saturated rings. The summed E-state index contributed by atoms with van der Waals surface area (Å²) in [6.07, 6.45) is 7.83. The lowest BCUT2D eigenvalue weighted by molar-refractivity contribution is -0.154. The number of benzene rings is 1. The van der Waals surface area contributed by atoms with Crippen LogP contribution in [0.5, 0.6) is 0 Å². The highest BCUT2D eigenvalue weighted by molar-refractivity contribution is 6.00. The molecule has 4 aliphatic heterocycles. The third-order valence-corrected chi connectivity index (χ3v) is 9.45. The van der Waals surface area contributed by atoms with Crippen molar-refractivity contribution in [1.82, 2.24) is 15.1 Å². The van der Waals surface area contributed by atoms with E-state index in [1.54, 1.807) is 24.0 Å². The van der Waals surface area contributed by atoms with Crippen molar-refractivity contribution < 1.29 is 33.8 Å². The lowest BCUT2D eigenvalue weighted by atomic mass is 9.73. The normalized spacial score (nSPS) is 32.4. The Morgan fingerprint density at radius 2 is 1.76 bits per heavy atom. The average Bonchev–Trinajstić information content (AvgIpc) is 3.62. The Bertz CT molecular complexity index is 1370. The van der Waals surface area contributed by atoms with Gasteiger partial charge in [0.1, 0.15) is 18.2 Å². The van der Waals surface area contributed by atoms with Crippen LogP contribution in [-0.2, 0) is 28.7 Å². The van der Waals surface area contributed by atoms with Crippen molar-refractivity contribution in [3.63, 3.8) is 0 Å². The molecule has 0 radical (unpaired) electrons. The second kappa shape index (κ2) is 12.4. The molecule has 0 unspecified atom stereocenters. The minimum absolute atomic E-state index is 0.0697. The molecule has 1 aromatic carbocycles. The van der Waals surface area contributed by atoms with Gasteiger partial charge in [-0.2, -0.15) is 0 Å². The van der Waals surface area contributed by atoms with Crippen molar-refractivity contribution in [3.8, 4) is 0 Å². The Hall–Kier alpha value is -3.50. The lowest BCUT2D eigenvalue weighted by Gasteiger charge is -2.46. The molecule has 2 saturated heterocycles. The van der Waals surface area contributed by atoms with Gasteiger partial charge in [-0.05, 0) is 44.6 Å². The third kappa shape index (κ3) is 6.19. The maximum atomic E-state index is 14.9. The quantitative estimate of drug-likeness (QED) is 0.382. The van der Waals surface area contributed by atoms with E-state index in [4.69, 9.17) is 9.47 Å². The first kappa shape index (κ1) is 32.9. The monoisotopic (exact) mass is 621 g/mol. The number of fused-ring (bicyclic) bond motifs is 2. The fourth-order valence-corrected chi connectivity index (χ4v) is 7.85. The number of aliphatic hydroxyl groups excluding tert-OH is 1. The van der Waals surface area contributed by atoms with E-state index in [2.05, 4.69) is 26.1 Å². The standard InChI is InChI=1S/C35H47N3O7/c1-22(19-39)38-29-32(43)37(34(5,6)21-33(2,3)4)18-12-8-11-15-26(40)44-20-24(23-13-9-7-10-14-23)36-30(41)27-25-16-17-35(29,45-25)28(27)31(38)42/h7-10,12-14,16-17,22,24-25,27-29,39H,11,15,18-21H2,1-6H3,(H,36,41)/b12-8-/t22-,24-,25-,27+,28+,29-,35+/m1/s1. The molecule has 0 aromatic heterocycles. The van der Waals surface area contributed by atoms with Gasteiger partial charge in [0.25, 0.3) is 0 Å². The third-order valence-electron chi connectivity index (χ3n) is 9.45. The zero-order valence-electron chi connectivity index (χ0n) is 27.2. The molecule has 7 atom stereocenters. The highest BCUT2D eigenvalue weighted by Crippen LogP contribution is 2.56. The van der Waals surface area contributed by atoms with Crippen LogP contribution in [0.25, 0.3) is 0 Å². The van der Waals surface area contributed by atoms with Crippen LogP contribution >= 0.6 is 0 Å². The average molecular weight is 622 g/mol. The zero-order chi connectivity index (χ0) is 32.7. The van der Waals surface area contributed by atoms with Gasteiger partial charge >= 0.3 is 5.97 Å². The Kier molecular flexibility index (Phi) is 9.03. The highest BCUT2D eigenvalue weighted by atomic mass is 16.5. The van der Waals surface area contributed by atoms with Gasteiger partial charge in [-0.15, -0.1) is 0 Å². The lowest BCUT2D eigenvalue weighted by Crippen LogP contribution is -2.62. The van der Waals surface area contributed by atoms with Crippen molar-refractivity contribution in [2.75, 3.05) is 19.8 Å². The zero-order valence-corrected chi connectivity index (χ0v) is 27.2. The summed E-state index contributed by atoms with van der Waals surface area (Å²) in [5, 5.41) is 13.3. The SMILES string of the molecule is C[C@H](CO)N1C(=O)[C@@H]2[C@H]3C(=O)N[C@@H](c4ccccc4)COC(=O)CC/C=C\CN(C(C)(C)CC(C)(C)C)C(=O)[C@@H]1[C@]21C=C[C@H]3O1. The number of carbonyl (C=O) groups excluding carboxylic acids is 4. The Morgan fingerprint density at radius 3 is 2.42 bits per heavy atom. The maximum absolute atomic E-state index is 14.9. The van der Waals surface area contributed by atoms with E-state index < -0.39 is 65.0 Å². The minimum atomic E-state index is -1.37. The molecule has 10 nitrogen and oxygen atoms in total. The van der Waals surface area contributed by atoms with E-state index in [-0.39, 0.29) is 37.5 Å². The summed E-state index contributed by atoms with van der Waals surface area (Å²) in [5.74, 6) is -3.39. The predicted molar refractivity (Wildman–Crippen MR) is 167 cm³/mol. The molecule has 4 heterocycles. The summed E-state index contributed by atoms with van der Waals surface area (Å²) in [4.78, 5) is 59.3. The molecule has 10 heteroatoms. The van der Waals surface area contributed by atoms with Crippen molar-refractivity contribution in [3.05, 3.63) is 60.2 Å². The maximum Gasteiger partial charge on any atom is 0.306 e. The van der Waals surface area contributed by atoms with Crippen LogP contribution < -0.4 is 5.32 Å². The van der Waals surface area contributed by atoms with Crippen LogP contribution in [0.4, 0.5) is 0 Å². The van der Waals surface area contributed by atoms with Crippen LogP contribution in [0.2, 0.25) is 0 Å². The first-order chi connectivity index (χ1) is 21.2.